The minimum atomic E-state index is -2.23. The average molecular weight is 336 g/mol. The molecule has 1 aromatic carbocycles. The van der Waals surface area contributed by atoms with Crippen molar-refractivity contribution in [3.8, 4) is 11.5 Å². The van der Waals surface area contributed by atoms with Crippen LogP contribution in [0.25, 0.3) is 0 Å². The molecule has 0 bridgehead atoms. The van der Waals surface area contributed by atoms with Crippen LogP contribution in [-0.4, -0.2) is 68.1 Å². The third kappa shape index (κ3) is 1.94. The second kappa shape index (κ2) is 5.12. The zero-order valence-corrected chi connectivity index (χ0v) is 12.8. The maximum atomic E-state index is 12.7. The van der Waals surface area contributed by atoms with Gasteiger partial charge < -0.3 is 30.3 Å². The molecule has 1 aromatic rings. The quantitative estimate of drug-likeness (QED) is 0.436. The molecule has 24 heavy (non-hydrogen) atoms. The number of methoxy groups -OCH3 is 1. The highest BCUT2D eigenvalue weighted by atomic mass is 16.5. The van der Waals surface area contributed by atoms with E-state index in [1.54, 1.807) is 0 Å². The van der Waals surface area contributed by atoms with Crippen LogP contribution in [0.5, 0.6) is 11.5 Å². The number of benzene rings is 1. The number of ketones is 2. The Kier molecular flexibility index (Phi) is 3.54. The summed E-state index contributed by atoms with van der Waals surface area (Å²) in [7, 11) is 1.31. The Bertz CT molecular complexity index is 792. The number of Topliss-reactive ketones (excluding diaryl/α,β-unsaturated/α-hetero) is 2. The first kappa shape index (κ1) is 16.6. The molecule has 4 atom stereocenters. The molecule has 0 aliphatic heterocycles. The molecular weight excluding hydrogens is 320 g/mol. The highest BCUT2D eigenvalue weighted by Crippen LogP contribution is 2.43. The van der Waals surface area contributed by atoms with Crippen LogP contribution in [0.15, 0.2) is 23.3 Å². The van der Waals surface area contributed by atoms with E-state index < -0.39 is 52.4 Å². The highest BCUT2D eigenvalue weighted by molar-refractivity contribution is 6.29. The summed E-state index contributed by atoms with van der Waals surface area (Å²) in [6, 6.07) is 2.35. The standard InChI is InChI=1S/C16H16O8/c1-16(23)14(21)10-9(13(20)15(16)22)12(19)8-6(11(10)18)3-5(24-2)4-7(8)17/h3-4,13-15,17,20-23H,1-2H3/t13-,14-,15+,16-/m0/s1. The first-order valence-corrected chi connectivity index (χ1v) is 7.14. The molecule has 8 nitrogen and oxygen atoms in total. The molecule has 3 rings (SSSR count). The number of aromatic hydroxyl groups is 1. The number of hydrogen-bond acceptors (Lipinski definition) is 8. The molecule has 0 radical (unpaired) electrons. The van der Waals surface area contributed by atoms with Crippen LogP contribution >= 0.6 is 0 Å². The van der Waals surface area contributed by atoms with E-state index in [-0.39, 0.29) is 16.9 Å². The number of ether oxygens (including phenoxy) is 1. The van der Waals surface area contributed by atoms with E-state index in [0.717, 1.165) is 13.0 Å². The van der Waals surface area contributed by atoms with E-state index in [0.29, 0.717) is 0 Å². The van der Waals surface area contributed by atoms with Gasteiger partial charge in [-0.1, -0.05) is 0 Å². The summed E-state index contributed by atoms with van der Waals surface area (Å²) in [4.78, 5) is 25.4. The van der Waals surface area contributed by atoms with Gasteiger partial charge in [0, 0.05) is 22.8 Å². The molecule has 128 valence electrons. The van der Waals surface area contributed by atoms with Gasteiger partial charge in [0.1, 0.15) is 35.4 Å². The lowest BCUT2D eigenvalue weighted by Gasteiger charge is -2.43. The summed E-state index contributed by atoms with van der Waals surface area (Å²) in [5, 5.41) is 50.7. The summed E-state index contributed by atoms with van der Waals surface area (Å²) < 4.78 is 4.95. The first-order chi connectivity index (χ1) is 11.1. The van der Waals surface area contributed by atoms with Crippen LogP contribution in [0.2, 0.25) is 0 Å². The number of aliphatic hydroxyl groups excluding tert-OH is 3. The summed E-state index contributed by atoms with van der Waals surface area (Å²) in [6.45, 7) is 1.05. The van der Waals surface area contributed by atoms with E-state index >= 15 is 0 Å². The highest BCUT2D eigenvalue weighted by Gasteiger charge is 2.55. The van der Waals surface area contributed by atoms with E-state index in [9.17, 15) is 35.1 Å². The zero-order valence-electron chi connectivity index (χ0n) is 12.8. The van der Waals surface area contributed by atoms with Crippen molar-refractivity contribution in [2.24, 2.45) is 0 Å². The Morgan fingerprint density at radius 3 is 2.29 bits per heavy atom. The van der Waals surface area contributed by atoms with Gasteiger partial charge in [-0.25, -0.2) is 0 Å². The van der Waals surface area contributed by atoms with Crippen molar-refractivity contribution in [1.82, 2.24) is 0 Å². The van der Waals surface area contributed by atoms with Crippen molar-refractivity contribution in [2.75, 3.05) is 7.11 Å². The molecule has 2 aliphatic carbocycles. The van der Waals surface area contributed by atoms with Gasteiger partial charge in [-0.05, 0) is 13.0 Å². The molecule has 0 heterocycles. The monoisotopic (exact) mass is 336 g/mol. The smallest absolute Gasteiger partial charge is 0.196 e. The molecule has 0 aromatic heterocycles. The Hall–Kier alpha value is -2.26. The number of carbonyl (C=O) groups excluding carboxylic acids is 2. The molecule has 0 fully saturated rings. The van der Waals surface area contributed by atoms with E-state index in [2.05, 4.69) is 0 Å². The number of carbonyl (C=O) groups is 2. The minimum Gasteiger partial charge on any atom is -0.507 e. The first-order valence-electron chi connectivity index (χ1n) is 7.14. The van der Waals surface area contributed by atoms with Gasteiger partial charge in [0.15, 0.2) is 11.6 Å². The zero-order chi connectivity index (χ0) is 18.0. The number of aliphatic hydroxyl groups is 4. The average Bonchev–Trinajstić information content (AvgIpc) is 2.53. The topological polar surface area (TPSA) is 145 Å². The van der Waals surface area contributed by atoms with E-state index in [1.807, 2.05) is 0 Å². The third-order valence-electron chi connectivity index (χ3n) is 4.60. The number of phenolic OH excluding ortho intramolecular Hbond substituents is 1. The Labute approximate surface area is 136 Å². The van der Waals surface area contributed by atoms with Crippen LogP contribution in [0.3, 0.4) is 0 Å². The molecule has 5 N–H and O–H groups in total. The molecule has 2 aliphatic rings. The Morgan fingerprint density at radius 1 is 1.08 bits per heavy atom. The summed E-state index contributed by atoms with van der Waals surface area (Å²) in [5.74, 6) is -2.15. The van der Waals surface area contributed by atoms with Crippen LogP contribution in [0.1, 0.15) is 27.6 Å². The fourth-order valence-corrected chi connectivity index (χ4v) is 3.16. The third-order valence-corrected chi connectivity index (χ3v) is 4.60. The fraction of sp³-hybridized carbons (Fsp3) is 0.375. The van der Waals surface area contributed by atoms with Gasteiger partial charge in [0.2, 0.25) is 0 Å². The maximum Gasteiger partial charge on any atom is 0.196 e. The van der Waals surface area contributed by atoms with Gasteiger partial charge in [0.25, 0.3) is 0 Å². The molecular formula is C16H16O8. The van der Waals surface area contributed by atoms with Crippen LogP contribution in [-0.2, 0) is 0 Å². The predicted octanol–water partition coefficient (Wildman–Crippen LogP) is -1.08. The van der Waals surface area contributed by atoms with Gasteiger partial charge in [-0.2, -0.15) is 0 Å². The molecule has 0 unspecified atom stereocenters. The van der Waals surface area contributed by atoms with E-state index in [1.165, 1.54) is 13.2 Å². The molecule has 0 saturated heterocycles. The summed E-state index contributed by atoms with van der Waals surface area (Å²) in [5.41, 5.74) is -3.82. The fourth-order valence-electron chi connectivity index (χ4n) is 3.16. The number of phenols is 1. The number of hydrogen-bond donors (Lipinski definition) is 5. The van der Waals surface area contributed by atoms with Crippen molar-refractivity contribution in [3.63, 3.8) is 0 Å². The van der Waals surface area contributed by atoms with Gasteiger partial charge in [-0.15, -0.1) is 0 Å². The summed E-state index contributed by atoms with van der Waals surface area (Å²) >= 11 is 0. The number of fused-ring (bicyclic) bond motifs is 1. The maximum absolute atomic E-state index is 12.7. The van der Waals surface area contributed by atoms with Gasteiger partial charge >= 0.3 is 0 Å². The molecule has 0 amide bonds. The Morgan fingerprint density at radius 2 is 1.71 bits per heavy atom. The predicted molar refractivity (Wildman–Crippen MR) is 79.0 cm³/mol. The molecule has 0 saturated carbocycles. The molecule has 8 heteroatoms. The SMILES string of the molecule is COc1cc(O)c2c(c1)C(=O)C1=C(C2=O)[C@H](O)[C@@H](O)[C@@](C)(O)[C@H]1O. The lowest BCUT2D eigenvalue weighted by atomic mass is 9.68. The van der Waals surface area contributed by atoms with Gasteiger partial charge in [0.05, 0.1) is 12.7 Å². The normalized spacial score (nSPS) is 32.5. The van der Waals surface area contributed by atoms with Crippen LogP contribution in [0.4, 0.5) is 0 Å². The van der Waals surface area contributed by atoms with E-state index in [4.69, 9.17) is 4.74 Å². The van der Waals surface area contributed by atoms with Crippen LogP contribution in [0, 0.1) is 0 Å². The van der Waals surface area contributed by atoms with Crippen molar-refractivity contribution in [1.29, 1.82) is 0 Å². The summed E-state index contributed by atoms with van der Waals surface area (Å²) in [6.07, 6.45) is -5.65. The number of rotatable bonds is 1. The Balaban J connectivity index is 2.29. The lowest BCUT2D eigenvalue weighted by molar-refractivity contribution is -0.158. The second-order valence-corrected chi connectivity index (χ2v) is 6.07. The van der Waals surface area contributed by atoms with Crippen molar-refractivity contribution in [3.05, 3.63) is 34.4 Å². The molecule has 0 spiro atoms. The van der Waals surface area contributed by atoms with Crippen molar-refractivity contribution < 1.29 is 39.9 Å². The van der Waals surface area contributed by atoms with Crippen LogP contribution < -0.4 is 4.74 Å². The largest absolute Gasteiger partial charge is 0.507 e. The van der Waals surface area contributed by atoms with Crippen molar-refractivity contribution in [2.45, 2.75) is 30.8 Å². The minimum absolute atomic E-state index is 0.120. The second-order valence-electron chi connectivity index (χ2n) is 6.07. The van der Waals surface area contributed by atoms with Gasteiger partial charge in [-0.3, -0.25) is 9.59 Å². The van der Waals surface area contributed by atoms with Crippen molar-refractivity contribution >= 4 is 11.6 Å². The lowest BCUT2D eigenvalue weighted by Crippen LogP contribution is -2.61.